The third-order valence-electron chi connectivity index (χ3n) is 7.20. The molecule has 1 saturated carbocycles. The lowest BCUT2D eigenvalue weighted by Crippen LogP contribution is -2.61. The van der Waals surface area contributed by atoms with Gasteiger partial charge < -0.3 is 15.3 Å². The smallest absolute Gasteiger partial charge is 0.407 e. The zero-order valence-corrected chi connectivity index (χ0v) is 19.8. The van der Waals surface area contributed by atoms with Gasteiger partial charge in [-0.3, -0.25) is 4.90 Å². The highest BCUT2D eigenvalue weighted by Gasteiger charge is 2.40. The van der Waals surface area contributed by atoms with E-state index < -0.39 is 6.09 Å². The number of piperazine rings is 1. The molecule has 2 aliphatic rings. The normalized spacial score (nSPS) is 24.4. The van der Waals surface area contributed by atoms with Gasteiger partial charge in [0, 0.05) is 37.1 Å². The molecule has 0 spiro atoms. The number of nitrogens with one attached hydrogen (secondary N) is 1. The Morgan fingerprint density at radius 3 is 2.64 bits per heavy atom. The van der Waals surface area contributed by atoms with Gasteiger partial charge in [0.15, 0.2) is 0 Å². The Morgan fingerprint density at radius 1 is 1.21 bits per heavy atom. The summed E-state index contributed by atoms with van der Waals surface area (Å²) < 4.78 is 0. The first-order valence-electron chi connectivity index (χ1n) is 11.9. The zero-order chi connectivity index (χ0) is 23.6. The fourth-order valence-electron chi connectivity index (χ4n) is 5.30. The van der Waals surface area contributed by atoms with Crippen LogP contribution in [0.1, 0.15) is 52.0 Å². The molecule has 2 heterocycles. The first kappa shape index (κ1) is 23.2. The van der Waals surface area contributed by atoms with Crippen LogP contribution in [-0.2, 0) is 6.42 Å². The molecule has 4 rings (SSSR count). The monoisotopic (exact) mass is 450 g/mol. The molecule has 1 atom stereocenters. The number of hydrogen-bond donors (Lipinski definition) is 2. The molecular formula is C25H34N6O2. The van der Waals surface area contributed by atoms with Crippen LogP contribution in [0.3, 0.4) is 0 Å². The minimum absolute atomic E-state index is 0.0119. The van der Waals surface area contributed by atoms with Gasteiger partial charge in [-0.1, -0.05) is 26.8 Å². The number of benzene rings is 1. The third kappa shape index (κ3) is 5.19. The van der Waals surface area contributed by atoms with E-state index in [1.165, 1.54) is 0 Å². The lowest BCUT2D eigenvalue weighted by atomic mass is 9.82. The predicted molar refractivity (Wildman–Crippen MR) is 128 cm³/mol. The maximum atomic E-state index is 11.7. The number of aromatic nitrogens is 2. The highest BCUT2D eigenvalue weighted by atomic mass is 16.4. The summed E-state index contributed by atoms with van der Waals surface area (Å²) >= 11 is 0. The minimum Gasteiger partial charge on any atom is -0.465 e. The molecular weight excluding hydrogens is 416 g/mol. The van der Waals surface area contributed by atoms with Crippen LogP contribution in [0.25, 0.3) is 10.9 Å². The van der Waals surface area contributed by atoms with Gasteiger partial charge >= 0.3 is 6.09 Å². The highest BCUT2D eigenvalue weighted by Crippen LogP contribution is 2.32. The van der Waals surface area contributed by atoms with E-state index in [4.69, 9.17) is 5.26 Å². The lowest BCUT2D eigenvalue weighted by Gasteiger charge is -2.49. The van der Waals surface area contributed by atoms with Crippen LogP contribution in [-0.4, -0.2) is 68.7 Å². The molecule has 0 radical (unpaired) electrons. The maximum absolute atomic E-state index is 11.7. The van der Waals surface area contributed by atoms with Crippen molar-refractivity contribution in [2.75, 3.05) is 25.0 Å². The Bertz CT molecular complexity index is 1040. The number of carboxylic acid groups (broad SMARTS) is 1. The van der Waals surface area contributed by atoms with Gasteiger partial charge in [0.1, 0.15) is 12.1 Å². The molecule has 1 aromatic carbocycles. The van der Waals surface area contributed by atoms with Crippen LogP contribution < -0.4 is 5.32 Å². The SMILES string of the molecule is CC(C)(C)C1CN(C2CCC(Nc3ncnc4cc(CC#N)ccc34)CC2)CCN1C(=O)O. The van der Waals surface area contributed by atoms with Crippen LogP contribution in [0.5, 0.6) is 0 Å². The van der Waals surface area contributed by atoms with E-state index in [-0.39, 0.29) is 11.5 Å². The quantitative estimate of drug-likeness (QED) is 0.721. The fourth-order valence-corrected chi connectivity index (χ4v) is 5.30. The van der Waals surface area contributed by atoms with Crippen molar-refractivity contribution in [1.82, 2.24) is 19.8 Å². The van der Waals surface area contributed by atoms with E-state index in [1.54, 1.807) is 11.2 Å². The van der Waals surface area contributed by atoms with E-state index in [0.29, 0.717) is 25.0 Å². The molecule has 2 fully saturated rings. The summed E-state index contributed by atoms with van der Waals surface area (Å²) in [6.07, 6.45) is 5.46. The average molecular weight is 451 g/mol. The summed E-state index contributed by atoms with van der Waals surface area (Å²) in [5.74, 6) is 0.856. The fraction of sp³-hybridized carbons (Fsp3) is 0.600. The van der Waals surface area contributed by atoms with E-state index in [2.05, 4.69) is 47.0 Å². The molecule has 8 heteroatoms. The lowest BCUT2D eigenvalue weighted by molar-refractivity contribution is -0.000952. The van der Waals surface area contributed by atoms with E-state index >= 15 is 0 Å². The number of nitrogens with zero attached hydrogens (tertiary/aromatic N) is 5. The van der Waals surface area contributed by atoms with Crippen molar-refractivity contribution in [2.24, 2.45) is 5.41 Å². The van der Waals surface area contributed by atoms with Crippen molar-refractivity contribution in [1.29, 1.82) is 5.26 Å². The number of anilines is 1. The van der Waals surface area contributed by atoms with Crippen LogP contribution in [0.2, 0.25) is 0 Å². The molecule has 2 aromatic rings. The largest absolute Gasteiger partial charge is 0.465 e. The van der Waals surface area contributed by atoms with Crippen molar-refractivity contribution in [2.45, 2.75) is 71.0 Å². The molecule has 1 aromatic heterocycles. The first-order valence-corrected chi connectivity index (χ1v) is 11.9. The molecule has 1 aliphatic heterocycles. The van der Waals surface area contributed by atoms with Gasteiger partial charge in [-0.2, -0.15) is 5.26 Å². The van der Waals surface area contributed by atoms with Gasteiger partial charge in [-0.25, -0.2) is 14.8 Å². The highest BCUT2D eigenvalue weighted by molar-refractivity contribution is 5.89. The second-order valence-corrected chi connectivity index (χ2v) is 10.4. The molecule has 33 heavy (non-hydrogen) atoms. The summed E-state index contributed by atoms with van der Waals surface area (Å²) in [5, 5.41) is 23.2. The summed E-state index contributed by atoms with van der Waals surface area (Å²) in [6, 6.07) is 8.99. The number of rotatable bonds is 4. The van der Waals surface area contributed by atoms with Crippen LogP contribution in [0, 0.1) is 16.7 Å². The first-order chi connectivity index (χ1) is 15.8. The molecule has 1 unspecified atom stereocenters. The predicted octanol–water partition coefficient (Wildman–Crippen LogP) is 4.13. The zero-order valence-electron chi connectivity index (χ0n) is 19.8. The van der Waals surface area contributed by atoms with Crippen molar-refractivity contribution in [3.8, 4) is 6.07 Å². The third-order valence-corrected chi connectivity index (χ3v) is 7.20. The number of carbonyl (C=O) groups is 1. The summed E-state index contributed by atoms with van der Waals surface area (Å²) in [6.45, 7) is 8.59. The number of amides is 1. The van der Waals surface area contributed by atoms with Crippen molar-refractivity contribution >= 4 is 22.8 Å². The number of fused-ring (bicyclic) bond motifs is 1. The standard InChI is InChI=1S/C25H34N6O2/c1-25(2,3)22-15-30(12-13-31(22)24(32)33)19-7-5-18(6-8-19)29-23-20-9-4-17(10-11-26)14-21(20)27-16-28-23/h4,9,14,16,18-19,22H,5-8,10,12-13,15H2,1-3H3,(H,32,33)(H,27,28,29). The second kappa shape index (κ2) is 9.52. The van der Waals surface area contributed by atoms with Gasteiger partial charge in [-0.05, 0) is 48.8 Å². The topological polar surface area (TPSA) is 105 Å². The maximum Gasteiger partial charge on any atom is 0.407 e. The Morgan fingerprint density at radius 2 is 1.97 bits per heavy atom. The molecule has 176 valence electrons. The van der Waals surface area contributed by atoms with Crippen molar-refractivity contribution < 1.29 is 9.90 Å². The molecule has 2 N–H and O–H groups in total. The van der Waals surface area contributed by atoms with Gasteiger partial charge in [0.05, 0.1) is 24.0 Å². The average Bonchev–Trinajstić information content (AvgIpc) is 2.79. The van der Waals surface area contributed by atoms with Crippen LogP contribution >= 0.6 is 0 Å². The Labute approximate surface area is 195 Å². The second-order valence-electron chi connectivity index (χ2n) is 10.4. The number of nitriles is 1. The molecule has 0 bridgehead atoms. The van der Waals surface area contributed by atoms with Crippen molar-refractivity contribution in [3.05, 3.63) is 30.1 Å². The van der Waals surface area contributed by atoms with Crippen LogP contribution in [0.15, 0.2) is 24.5 Å². The van der Waals surface area contributed by atoms with Gasteiger partial charge in [0.2, 0.25) is 0 Å². The molecule has 1 amide bonds. The number of hydrogen-bond acceptors (Lipinski definition) is 6. The van der Waals surface area contributed by atoms with E-state index in [1.807, 2.05) is 18.2 Å². The minimum atomic E-state index is -0.806. The summed E-state index contributed by atoms with van der Waals surface area (Å²) in [7, 11) is 0. The van der Waals surface area contributed by atoms with Gasteiger partial charge in [-0.15, -0.1) is 0 Å². The Hall–Kier alpha value is -2.92. The Balaban J connectivity index is 1.38. The van der Waals surface area contributed by atoms with E-state index in [0.717, 1.165) is 61.1 Å². The molecule has 8 nitrogen and oxygen atoms in total. The Kier molecular flexibility index (Phi) is 6.71. The summed E-state index contributed by atoms with van der Waals surface area (Å²) in [5.41, 5.74) is 1.74. The van der Waals surface area contributed by atoms with Gasteiger partial charge in [0.25, 0.3) is 0 Å². The van der Waals surface area contributed by atoms with E-state index in [9.17, 15) is 9.90 Å². The molecule has 1 saturated heterocycles. The van der Waals surface area contributed by atoms with Crippen molar-refractivity contribution in [3.63, 3.8) is 0 Å². The molecule has 1 aliphatic carbocycles. The van der Waals surface area contributed by atoms with Crippen LogP contribution in [0.4, 0.5) is 10.6 Å². The summed E-state index contributed by atoms with van der Waals surface area (Å²) in [4.78, 5) is 24.7.